The van der Waals surface area contributed by atoms with Crippen molar-refractivity contribution in [1.82, 2.24) is 10.2 Å². The molecule has 0 saturated carbocycles. The number of nitrogens with zero attached hydrogens (tertiary/aromatic N) is 1. The molecular formula is C18H38N2O. The van der Waals surface area contributed by atoms with E-state index in [4.69, 9.17) is 4.74 Å². The highest BCUT2D eigenvalue weighted by molar-refractivity contribution is 5.05. The van der Waals surface area contributed by atoms with Crippen molar-refractivity contribution in [3.8, 4) is 0 Å². The Bertz CT molecular complexity index is 310. The molecule has 1 aliphatic rings. The molecule has 2 atom stereocenters. The first-order valence-electron chi connectivity index (χ1n) is 8.81. The maximum atomic E-state index is 6.37. The molecule has 1 fully saturated rings. The van der Waals surface area contributed by atoms with Crippen LogP contribution in [0.4, 0.5) is 0 Å². The second-order valence-electron chi connectivity index (χ2n) is 7.72. The van der Waals surface area contributed by atoms with E-state index in [-0.39, 0.29) is 11.2 Å². The standard InChI is InChI=1S/C18H38N2O/c1-9-14(10-2)12-20(11-3)13-15-16(19-8)18(6,7)21-17(15,4)5/h14-16,19H,9-13H2,1-8H3. The Labute approximate surface area is 132 Å². The number of likely N-dealkylation sites (N-methyl/N-ethyl adjacent to an activating group) is 1. The second kappa shape index (κ2) is 7.43. The highest BCUT2D eigenvalue weighted by Gasteiger charge is 2.53. The quantitative estimate of drug-likeness (QED) is 0.742. The fraction of sp³-hybridized carbons (Fsp3) is 1.00. The van der Waals surface area contributed by atoms with E-state index >= 15 is 0 Å². The van der Waals surface area contributed by atoms with E-state index in [9.17, 15) is 0 Å². The first-order chi connectivity index (χ1) is 9.71. The third kappa shape index (κ3) is 4.43. The third-order valence-corrected chi connectivity index (χ3v) is 5.45. The molecular weight excluding hydrogens is 260 g/mol. The van der Waals surface area contributed by atoms with Crippen LogP contribution in [0.2, 0.25) is 0 Å². The molecule has 1 aliphatic heterocycles. The lowest BCUT2D eigenvalue weighted by molar-refractivity contribution is -0.0795. The van der Waals surface area contributed by atoms with Gasteiger partial charge in [-0.25, -0.2) is 0 Å². The number of ether oxygens (including phenoxy) is 1. The van der Waals surface area contributed by atoms with Crippen molar-refractivity contribution < 1.29 is 4.74 Å². The van der Waals surface area contributed by atoms with Crippen LogP contribution in [0.5, 0.6) is 0 Å². The molecule has 0 spiro atoms. The monoisotopic (exact) mass is 298 g/mol. The van der Waals surface area contributed by atoms with Crippen molar-refractivity contribution in [1.29, 1.82) is 0 Å². The van der Waals surface area contributed by atoms with Crippen LogP contribution < -0.4 is 5.32 Å². The Kier molecular flexibility index (Phi) is 6.70. The van der Waals surface area contributed by atoms with Gasteiger partial charge in [-0.1, -0.05) is 33.6 Å². The van der Waals surface area contributed by atoms with Crippen LogP contribution in [0.1, 0.15) is 61.3 Å². The minimum Gasteiger partial charge on any atom is -0.368 e. The Balaban J connectivity index is 2.81. The average molecular weight is 299 g/mol. The second-order valence-corrected chi connectivity index (χ2v) is 7.72. The van der Waals surface area contributed by atoms with Crippen LogP contribution >= 0.6 is 0 Å². The van der Waals surface area contributed by atoms with E-state index in [2.05, 4.69) is 65.7 Å². The van der Waals surface area contributed by atoms with Crippen LogP contribution in [0.15, 0.2) is 0 Å². The summed E-state index contributed by atoms with van der Waals surface area (Å²) in [5.74, 6) is 1.34. The van der Waals surface area contributed by atoms with Gasteiger partial charge in [-0.3, -0.25) is 0 Å². The topological polar surface area (TPSA) is 24.5 Å². The third-order valence-electron chi connectivity index (χ3n) is 5.45. The summed E-state index contributed by atoms with van der Waals surface area (Å²) in [6, 6.07) is 0.406. The van der Waals surface area contributed by atoms with Crippen LogP contribution in [0, 0.1) is 11.8 Å². The molecule has 1 rings (SSSR count). The fourth-order valence-electron chi connectivity index (χ4n) is 4.10. The predicted molar refractivity (Wildman–Crippen MR) is 91.8 cm³/mol. The largest absolute Gasteiger partial charge is 0.368 e. The first-order valence-corrected chi connectivity index (χ1v) is 8.81. The van der Waals surface area contributed by atoms with Gasteiger partial charge in [0.05, 0.1) is 11.2 Å². The van der Waals surface area contributed by atoms with Gasteiger partial charge in [0.1, 0.15) is 0 Å². The van der Waals surface area contributed by atoms with Crippen LogP contribution in [-0.2, 0) is 4.74 Å². The summed E-state index contributed by atoms with van der Waals surface area (Å²) < 4.78 is 6.37. The Morgan fingerprint density at radius 1 is 1.05 bits per heavy atom. The summed E-state index contributed by atoms with van der Waals surface area (Å²) in [5, 5.41) is 3.52. The van der Waals surface area contributed by atoms with E-state index in [1.54, 1.807) is 0 Å². The number of hydrogen-bond acceptors (Lipinski definition) is 3. The van der Waals surface area contributed by atoms with Crippen molar-refractivity contribution in [3.05, 3.63) is 0 Å². The molecule has 126 valence electrons. The van der Waals surface area contributed by atoms with Crippen molar-refractivity contribution >= 4 is 0 Å². The molecule has 0 aromatic heterocycles. The average Bonchev–Trinajstić information content (AvgIpc) is 2.58. The zero-order chi connectivity index (χ0) is 16.3. The van der Waals surface area contributed by atoms with E-state index in [1.165, 1.54) is 19.4 Å². The summed E-state index contributed by atoms with van der Waals surface area (Å²) in [4.78, 5) is 2.62. The molecule has 1 heterocycles. The lowest BCUT2D eigenvalue weighted by Crippen LogP contribution is -2.50. The highest BCUT2D eigenvalue weighted by Crippen LogP contribution is 2.42. The van der Waals surface area contributed by atoms with Gasteiger partial charge in [0, 0.05) is 25.0 Å². The predicted octanol–water partition coefficient (Wildman–Crippen LogP) is 3.54. The smallest absolute Gasteiger partial charge is 0.0790 e. The van der Waals surface area contributed by atoms with Crippen LogP contribution in [0.25, 0.3) is 0 Å². The SMILES string of the molecule is CCC(CC)CN(CC)CC1C(NC)C(C)(C)OC1(C)C. The molecule has 3 heteroatoms. The maximum Gasteiger partial charge on any atom is 0.0790 e. The van der Waals surface area contributed by atoms with Gasteiger partial charge < -0.3 is 15.0 Å². The zero-order valence-electron chi connectivity index (χ0n) is 15.6. The van der Waals surface area contributed by atoms with Gasteiger partial charge in [-0.05, 0) is 47.2 Å². The maximum absolute atomic E-state index is 6.37. The zero-order valence-corrected chi connectivity index (χ0v) is 15.6. The molecule has 0 aromatic carbocycles. The van der Waals surface area contributed by atoms with Crippen LogP contribution in [-0.4, -0.2) is 48.8 Å². The van der Waals surface area contributed by atoms with E-state index in [0.29, 0.717) is 12.0 Å². The van der Waals surface area contributed by atoms with Crippen LogP contribution in [0.3, 0.4) is 0 Å². The molecule has 3 nitrogen and oxygen atoms in total. The van der Waals surface area contributed by atoms with Gasteiger partial charge in [0.2, 0.25) is 0 Å². The lowest BCUT2D eigenvalue weighted by Gasteiger charge is -2.35. The molecule has 0 aromatic rings. The highest BCUT2D eigenvalue weighted by atomic mass is 16.5. The number of nitrogens with one attached hydrogen (secondary N) is 1. The summed E-state index contributed by atoms with van der Waals surface area (Å²) in [7, 11) is 2.07. The van der Waals surface area contributed by atoms with Gasteiger partial charge in [-0.2, -0.15) is 0 Å². The Hall–Kier alpha value is -0.120. The summed E-state index contributed by atoms with van der Waals surface area (Å²) >= 11 is 0. The number of hydrogen-bond donors (Lipinski definition) is 1. The van der Waals surface area contributed by atoms with Crippen molar-refractivity contribution in [3.63, 3.8) is 0 Å². The van der Waals surface area contributed by atoms with Gasteiger partial charge in [0.25, 0.3) is 0 Å². The minimum atomic E-state index is -0.1000. The fourth-order valence-corrected chi connectivity index (χ4v) is 4.10. The van der Waals surface area contributed by atoms with E-state index < -0.39 is 0 Å². The Morgan fingerprint density at radius 3 is 2.05 bits per heavy atom. The molecule has 0 radical (unpaired) electrons. The summed E-state index contributed by atoms with van der Waals surface area (Å²) in [6.07, 6.45) is 2.55. The lowest BCUT2D eigenvalue weighted by atomic mass is 9.82. The Morgan fingerprint density at radius 2 is 1.62 bits per heavy atom. The van der Waals surface area contributed by atoms with Crippen molar-refractivity contribution in [2.45, 2.75) is 78.6 Å². The van der Waals surface area contributed by atoms with Gasteiger partial charge >= 0.3 is 0 Å². The minimum absolute atomic E-state index is 0.0709. The molecule has 0 amide bonds. The summed E-state index contributed by atoms with van der Waals surface area (Å²) in [6.45, 7) is 19.3. The molecule has 1 saturated heterocycles. The molecule has 0 aliphatic carbocycles. The van der Waals surface area contributed by atoms with Gasteiger partial charge in [0.15, 0.2) is 0 Å². The normalized spacial score (nSPS) is 27.7. The summed E-state index contributed by atoms with van der Waals surface area (Å²) in [5.41, 5.74) is -0.171. The number of rotatable bonds is 8. The van der Waals surface area contributed by atoms with E-state index in [0.717, 1.165) is 19.0 Å². The molecule has 0 bridgehead atoms. The molecule has 2 unspecified atom stereocenters. The first kappa shape index (κ1) is 18.9. The molecule has 1 N–H and O–H groups in total. The van der Waals surface area contributed by atoms with Crippen molar-refractivity contribution in [2.24, 2.45) is 11.8 Å². The van der Waals surface area contributed by atoms with Gasteiger partial charge in [-0.15, -0.1) is 0 Å². The molecule has 21 heavy (non-hydrogen) atoms. The van der Waals surface area contributed by atoms with E-state index in [1.807, 2.05) is 0 Å². The van der Waals surface area contributed by atoms with Crippen molar-refractivity contribution in [2.75, 3.05) is 26.7 Å².